The number of aliphatic hydroxyl groups excluding tert-OH is 1. The van der Waals surface area contributed by atoms with Crippen molar-refractivity contribution in [1.29, 1.82) is 0 Å². The van der Waals surface area contributed by atoms with E-state index >= 15 is 0 Å². The number of ether oxygens (including phenoxy) is 1. The fourth-order valence-electron chi connectivity index (χ4n) is 7.99. The summed E-state index contributed by atoms with van der Waals surface area (Å²) in [6.45, 7) is 1.79. The van der Waals surface area contributed by atoms with Crippen molar-refractivity contribution in [1.82, 2.24) is 0 Å². The van der Waals surface area contributed by atoms with Crippen LogP contribution in [0.5, 0.6) is 5.75 Å². The number of hydrogen-bond donors (Lipinski definition) is 3. The summed E-state index contributed by atoms with van der Waals surface area (Å²) in [5.41, 5.74) is 2.95. The first-order valence-corrected chi connectivity index (χ1v) is 17.3. The number of sulfonamides is 1. The minimum Gasteiger partial charge on any atom is -0.487 e. The highest BCUT2D eigenvalue weighted by Crippen LogP contribution is 2.72. The molecule has 5 atom stereocenters. The van der Waals surface area contributed by atoms with Crippen LogP contribution in [0.3, 0.4) is 0 Å². The molecular formula is C33H41ClN2O6S. The zero-order chi connectivity index (χ0) is 30.4. The van der Waals surface area contributed by atoms with Crippen LogP contribution >= 0.6 is 11.6 Å². The second-order valence-corrected chi connectivity index (χ2v) is 15.4. The van der Waals surface area contributed by atoms with E-state index in [1.807, 2.05) is 30.4 Å². The molecule has 0 bridgehead atoms. The Hall–Kier alpha value is -2.59. The zero-order valence-corrected chi connectivity index (χ0v) is 26.0. The minimum absolute atomic E-state index is 0.0798. The predicted octanol–water partition coefficient (Wildman–Crippen LogP) is 5.69. The number of carboxylic acid groups (broad SMARTS) is 1. The molecule has 0 spiro atoms. The van der Waals surface area contributed by atoms with Crippen molar-refractivity contribution in [2.24, 2.45) is 22.4 Å². The number of primary sulfonamides is 1. The summed E-state index contributed by atoms with van der Waals surface area (Å²) in [5.74, 6) is -0.0296. The second kappa shape index (κ2) is 11.7. The van der Waals surface area contributed by atoms with Gasteiger partial charge in [0.05, 0.1) is 22.1 Å². The number of aliphatic hydroxyl groups is 1. The third-order valence-corrected chi connectivity index (χ3v) is 12.8. The number of halogens is 1. The maximum absolute atomic E-state index is 12.3. The first-order valence-electron chi connectivity index (χ1n) is 15.4. The number of rotatable bonds is 8. The molecule has 4 N–H and O–H groups in total. The first kappa shape index (κ1) is 30.4. The van der Waals surface area contributed by atoms with Crippen LogP contribution in [-0.4, -0.2) is 48.5 Å². The number of allylic oxidation sites excluding steroid dienone is 1. The monoisotopic (exact) mass is 628 g/mol. The molecule has 10 heteroatoms. The maximum Gasteiger partial charge on any atom is 0.335 e. The maximum atomic E-state index is 12.3. The van der Waals surface area contributed by atoms with Gasteiger partial charge >= 0.3 is 5.97 Å². The number of aromatic carboxylic acids is 1. The average Bonchev–Trinajstić information content (AvgIpc) is 3.46. The van der Waals surface area contributed by atoms with Gasteiger partial charge in [0.25, 0.3) is 0 Å². The Morgan fingerprint density at radius 3 is 2.70 bits per heavy atom. The summed E-state index contributed by atoms with van der Waals surface area (Å²) in [7, 11) is -3.59. The lowest BCUT2D eigenvalue weighted by Gasteiger charge is -2.42. The van der Waals surface area contributed by atoms with Crippen molar-refractivity contribution in [3.05, 3.63) is 70.3 Å². The van der Waals surface area contributed by atoms with Crippen molar-refractivity contribution in [3.8, 4) is 5.75 Å². The van der Waals surface area contributed by atoms with Gasteiger partial charge in [0.1, 0.15) is 12.4 Å². The number of aryl methyl sites for hydroxylation is 1. The molecule has 4 aliphatic rings. The lowest BCUT2D eigenvalue weighted by atomic mass is 9.70. The predicted molar refractivity (Wildman–Crippen MR) is 167 cm³/mol. The minimum atomic E-state index is -3.59. The number of carboxylic acids is 1. The van der Waals surface area contributed by atoms with Crippen LogP contribution in [0.4, 0.5) is 5.69 Å². The van der Waals surface area contributed by atoms with Crippen molar-refractivity contribution in [2.45, 2.75) is 81.7 Å². The topological polar surface area (TPSA) is 130 Å². The number of anilines is 1. The lowest BCUT2D eigenvalue weighted by Crippen LogP contribution is -2.43. The van der Waals surface area contributed by atoms with Crippen LogP contribution < -0.4 is 14.8 Å². The number of benzene rings is 2. The van der Waals surface area contributed by atoms with Crippen LogP contribution in [0.15, 0.2) is 48.6 Å². The average molecular weight is 629 g/mol. The van der Waals surface area contributed by atoms with E-state index in [1.165, 1.54) is 5.56 Å². The van der Waals surface area contributed by atoms with Crippen molar-refractivity contribution in [3.63, 3.8) is 0 Å². The summed E-state index contributed by atoms with van der Waals surface area (Å²) < 4.78 is 30.1. The van der Waals surface area contributed by atoms with Gasteiger partial charge in [0.15, 0.2) is 0 Å². The Labute approximate surface area is 258 Å². The summed E-state index contributed by atoms with van der Waals surface area (Å²) in [4.78, 5) is 14.1. The number of nitrogens with two attached hydrogens (primary N) is 1. The number of nitrogens with zero attached hydrogens (tertiary/aromatic N) is 1. The van der Waals surface area contributed by atoms with Crippen LogP contribution in [-0.2, 0) is 23.1 Å². The summed E-state index contributed by atoms with van der Waals surface area (Å²) in [6, 6.07) is 10.9. The van der Waals surface area contributed by atoms with Crippen molar-refractivity contribution >= 4 is 33.3 Å². The Bertz CT molecular complexity index is 1530. The van der Waals surface area contributed by atoms with Crippen LogP contribution in [0.1, 0.15) is 79.3 Å². The van der Waals surface area contributed by atoms with Crippen LogP contribution in [0.2, 0.25) is 5.02 Å². The third kappa shape index (κ3) is 5.81. The molecule has 0 saturated heterocycles. The van der Waals surface area contributed by atoms with Crippen LogP contribution in [0, 0.1) is 17.3 Å². The van der Waals surface area contributed by atoms with Gasteiger partial charge in [0, 0.05) is 18.1 Å². The summed E-state index contributed by atoms with van der Waals surface area (Å²) >= 11 is 6.28. The highest BCUT2D eigenvalue weighted by molar-refractivity contribution is 7.91. The highest BCUT2D eigenvalue weighted by atomic mass is 35.5. The van der Waals surface area contributed by atoms with E-state index in [4.69, 9.17) is 21.5 Å². The SMILES string of the molecule is NS(=O)(=O)[C@]12CCC[C@]1(C/C=C/[C@H](O)[C@@H]1CC[C@H]1CN1CCCCc3cc(Cl)ccc3COc3ccc(C(=O)O)cc31)C2. The molecular weight excluding hydrogens is 588 g/mol. The molecule has 2 aromatic rings. The molecule has 6 rings (SSSR count). The molecule has 8 nitrogen and oxygen atoms in total. The summed E-state index contributed by atoms with van der Waals surface area (Å²) in [6.07, 6.45) is 11.5. The molecule has 3 saturated carbocycles. The van der Waals surface area contributed by atoms with Crippen molar-refractivity contribution < 1.29 is 28.2 Å². The Morgan fingerprint density at radius 2 is 1.98 bits per heavy atom. The molecule has 0 radical (unpaired) electrons. The molecule has 3 fully saturated rings. The van der Waals surface area contributed by atoms with Gasteiger partial charge in [-0.1, -0.05) is 36.2 Å². The van der Waals surface area contributed by atoms with Crippen LogP contribution in [0.25, 0.3) is 0 Å². The molecule has 43 heavy (non-hydrogen) atoms. The zero-order valence-electron chi connectivity index (χ0n) is 24.4. The van der Waals surface area contributed by atoms with Gasteiger partial charge in [-0.25, -0.2) is 18.4 Å². The van der Waals surface area contributed by atoms with Gasteiger partial charge in [-0.15, -0.1) is 0 Å². The number of hydrogen-bond acceptors (Lipinski definition) is 6. The van der Waals surface area contributed by atoms with E-state index in [2.05, 4.69) is 4.90 Å². The van der Waals surface area contributed by atoms with Gasteiger partial charge in [0.2, 0.25) is 10.0 Å². The number of fused-ring (bicyclic) bond motifs is 3. The largest absolute Gasteiger partial charge is 0.487 e. The van der Waals surface area contributed by atoms with E-state index in [0.29, 0.717) is 43.2 Å². The molecule has 1 aliphatic heterocycles. The standard InChI is InChI=1S/C33H41ClN2O6S/c34-26-10-7-25-20-42-30-12-9-23(31(38)39)18-28(30)36(16-2-1-5-22(25)17-26)19-24-8-11-27(24)29(37)6-3-13-32-14-4-15-33(32,21-32)43(35,40)41/h3,6-7,9-10,12,17-18,24,27,29,37H,1-2,4-5,8,11,13-16,19-21H2,(H,38,39)(H2,35,40,41)/b6-3+/t24-,27+,29-,32+,33-/m0/s1. The van der Waals surface area contributed by atoms with Gasteiger partial charge < -0.3 is 19.8 Å². The Morgan fingerprint density at radius 1 is 1.14 bits per heavy atom. The Balaban J connectivity index is 1.17. The smallest absolute Gasteiger partial charge is 0.335 e. The molecule has 232 valence electrons. The molecule has 0 amide bonds. The first-order chi connectivity index (χ1) is 20.5. The molecule has 0 aromatic heterocycles. The van der Waals surface area contributed by atoms with E-state index in [1.54, 1.807) is 18.2 Å². The van der Waals surface area contributed by atoms with E-state index in [9.17, 15) is 23.4 Å². The third-order valence-electron chi connectivity index (χ3n) is 10.7. The quantitative estimate of drug-likeness (QED) is 0.320. The normalized spacial score (nSPS) is 29.4. The van der Waals surface area contributed by atoms with Gasteiger partial charge in [-0.05, 0) is 116 Å². The fourth-order valence-corrected chi connectivity index (χ4v) is 9.88. The second-order valence-electron chi connectivity index (χ2n) is 13.1. The molecule has 0 unspecified atom stereocenters. The highest BCUT2D eigenvalue weighted by Gasteiger charge is 2.74. The summed E-state index contributed by atoms with van der Waals surface area (Å²) in [5, 5.41) is 27.2. The van der Waals surface area contributed by atoms with Gasteiger partial charge in [-0.2, -0.15) is 0 Å². The van der Waals surface area contributed by atoms with E-state index < -0.39 is 26.8 Å². The van der Waals surface area contributed by atoms with Crippen molar-refractivity contribution in [2.75, 3.05) is 18.0 Å². The van der Waals surface area contributed by atoms with E-state index in [-0.39, 0.29) is 22.8 Å². The lowest BCUT2D eigenvalue weighted by molar-refractivity contribution is 0.0460. The molecule has 2 aromatic carbocycles. The van der Waals surface area contributed by atoms with E-state index in [0.717, 1.165) is 62.7 Å². The van der Waals surface area contributed by atoms with Gasteiger partial charge in [-0.3, -0.25) is 0 Å². The Kier molecular flexibility index (Phi) is 8.30. The molecule has 1 heterocycles. The molecule has 3 aliphatic carbocycles. The number of carbonyl (C=O) groups is 1. The fraction of sp³-hybridized carbons (Fsp3) is 0.545.